The molecular weight excluding hydrogens is 519 g/mol. The second kappa shape index (κ2) is 10.5. The maximum Gasteiger partial charge on any atom is 0.235 e. The van der Waals surface area contributed by atoms with Crippen LogP contribution < -0.4 is 5.32 Å². The summed E-state index contributed by atoms with van der Waals surface area (Å²) in [6, 6.07) is 2.55. The number of thiophene rings is 2. The number of rotatable bonds is 6. The molecule has 0 bridgehead atoms. The minimum absolute atomic E-state index is 0.111. The molecule has 0 aliphatic heterocycles. The Kier molecular flexibility index (Phi) is 7.54. The highest BCUT2D eigenvalue weighted by atomic mass is 32.2. The Labute approximate surface area is 231 Å². The van der Waals surface area contributed by atoms with Gasteiger partial charge in [0.1, 0.15) is 11.1 Å². The van der Waals surface area contributed by atoms with Crippen molar-refractivity contribution >= 4 is 45.3 Å². The van der Waals surface area contributed by atoms with Crippen LogP contribution >= 0.6 is 34.4 Å². The Balaban J connectivity index is 1.30. The van der Waals surface area contributed by atoms with Crippen molar-refractivity contribution in [1.82, 2.24) is 14.8 Å². The summed E-state index contributed by atoms with van der Waals surface area (Å²) in [7, 11) is 0. The van der Waals surface area contributed by atoms with Gasteiger partial charge in [0.25, 0.3) is 0 Å². The average Bonchev–Trinajstić information content (AvgIpc) is 3.55. The summed E-state index contributed by atoms with van der Waals surface area (Å²) in [6.45, 7) is 11.1. The minimum Gasteiger partial charge on any atom is -0.316 e. The monoisotopic (exact) mass is 553 g/mol. The van der Waals surface area contributed by atoms with Crippen molar-refractivity contribution in [2.24, 2.45) is 11.3 Å². The number of nitriles is 1. The summed E-state index contributed by atoms with van der Waals surface area (Å²) < 4.78 is 2.16. The van der Waals surface area contributed by atoms with Crippen LogP contribution in [0.25, 0.3) is 11.4 Å². The fourth-order valence-electron chi connectivity index (χ4n) is 5.53. The standard InChI is InChI=1S/C28H35N5OS3/c1-16(2)33-25(21-14-35-22-9-7-6-8-18(21)22)31-32-27(33)36-15-24(34)30-26-20(13-29)19-11-10-17(28(3,4)5)12-23(19)37-26/h14,16-17H,6-12,15H2,1-5H3,(H,30,34). The fraction of sp³-hybridized carbons (Fsp3) is 0.571. The summed E-state index contributed by atoms with van der Waals surface area (Å²) in [5.41, 5.74) is 4.66. The van der Waals surface area contributed by atoms with E-state index in [1.807, 2.05) is 11.3 Å². The van der Waals surface area contributed by atoms with Crippen LogP contribution in [0, 0.1) is 22.7 Å². The van der Waals surface area contributed by atoms with Crippen molar-refractivity contribution in [3.05, 3.63) is 31.8 Å². The smallest absolute Gasteiger partial charge is 0.235 e. The van der Waals surface area contributed by atoms with Gasteiger partial charge in [-0.15, -0.1) is 32.9 Å². The van der Waals surface area contributed by atoms with Crippen molar-refractivity contribution in [2.45, 2.75) is 90.8 Å². The summed E-state index contributed by atoms with van der Waals surface area (Å²) in [5, 5.41) is 25.7. The van der Waals surface area contributed by atoms with Crippen LogP contribution in [0.2, 0.25) is 0 Å². The number of hydrogen-bond acceptors (Lipinski definition) is 7. The quantitative estimate of drug-likeness (QED) is 0.324. The summed E-state index contributed by atoms with van der Waals surface area (Å²) >= 11 is 4.83. The van der Waals surface area contributed by atoms with Crippen LogP contribution in [0.1, 0.15) is 86.4 Å². The first-order valence-corrected chi connectivity index (χ1v) is 15.9. The van der Waals surface area contributed by atoms with E-state index < -0.39 is 0 Å². The Hall–Kier alpha value is -2.15. The summed E-state index contributed by atoms with van der Waals surface area (Å²) in [5.74, 6) is 1.61. The molecule has 0 saturated carbocycles. The first-order valence-electron chi connectivity index (χ1n) is 13.2. The lowest BCUT2D eigenvalue weighted by Gasteiger charge is -2.33. The number of carbonyl (C=O) groups is 1. The number of fused-ring (bicyclic) bond motifs is 2. The third-order valence-electron chi connectivity index (χ3n) is 7.67. The number of hydrogen-bond donors (Lipinski definition) is 1. The fourth-order valence-corrected chi connectivity index (χ4v) is 8.82. The first kappa shape index (κ1) is 26.5. The predicted octanol–water partition coefficient (Wildman–Crippen LogP) is 7.28. The highest BCUT2D eigenvalue weighted by Gasteiger charge is 2.32. The molecule has 9 heteroatoms. The van der Waals surface area contributed by atoms with Crippen molar-refractivity contribution in [2.75, 3.05) is 11.1 Å². The van der Waals surface area contributed by atoms with Gasteiger partial charge in [0, 0.05) is 26.7 Å². The molecule has 3 heterocycles. The number of carbonyl (C=O) groups excluding carboxylic acids is 1. The number of anilines is 1. The number of aromatic nitrogens is 3. The zero-order valence-electron chi connectivity index (χ0n) is 22.3. The van der Waals surface area contributed by atoms with Gasteiger partial charge < -0.3 is 5.32 Å². The van der Waals surface area contributed by atoms with Gasteiger partial charge in [-0.1, -0.05) is 32.5 Å². The zero-order valence-corrected chi connectivity index (χ0v) is 24.8. The number of aryl methyl sites for hydroxylation is 1. The van der Waals surface area contributed by atoms with Crippen molar-refractivity contribution < 1.29 is 4.79 Å². The summed E-state index contributed by atoms with van der Waals surface area (Å²) in [6.07, 6.45) is 7.73. The van der Waals surface area contributed by atoms with Gasteiger partial charge in [0.2, 0.25) is 5.91 Å². The van der Waals surface area contributed by atoms with Gasteiger partial charge in [0.05, 0.1) is 11.3 Å². The summed E-state index contributed by atoms with van der Waals surface area (Å²) in [4.78, 5) is 15.7. The molecule has 3 aromatic rings. The van der Waals surface area contributed by atoms with E-state index in [-0.39, 0.29) is 23.1 Å². The topological polar surface area (TPSA) is 83.6 Å². The van der Waals surface area contributed by atoms with E-state index in [0.717, 1.165) is 48.6 Å². The molecule has 5 rings (SSSR count). The third kappa shape index (κ3) is 5.25. The Morgan fingerprint density at radius 1 is 1.22 bits per heavy atom. The molecule has 1 amide bonds. The lowest BCUT2D eigenvalue weighted by atomic mass is 9.72. The van der Waals surface area contributed by atoms with Crippen molar-refractivity contribution in [1.29, 1.82) is 5.26 Å². The molecule has 196 valence electrons. The molecule has 2 aliphatic rings. The van der Waals surface area contributed by atoms with E-state index in [1.165, 1.54) is 45.5 Å². The Morgan fingerprint density at radius 3 is 2.73 bits per heavy atom. The van der Waals surface area contributed by atoms with E-state index >= 15 is 0 Å². The van der Waals surface area contributed by atoms with E-state index in [2.05, 4.69) is 66.1 Å². The van der Waals surface area contributed by atoms with Crippen LogP contribution in [0.15, 0.2) is 10.5 Å². The molecule has 0 radical (unpaired) electrons. The molecule has 6 nitrogen and oxygen atoms in total. The van der Waals surface area contributed by atoms with E-state index in [0.29, 0.717) is 16.5 Å². The normalized spacial score (nSPS) is 17.4. The predicted molar refractivity (Wildman–Crippen MR) is 154 cm³/mol. The van der Waals surface area contributed by atoms with Gasteiger partial charge in [-0.05, 0) is 81.3 Å². The molecule has 1 N–H and O–H groups in total. The van der Waals surface area contributed by atoms with Crippen LogP contribution in [-0.2, 0) is 30.5 Å². The van der Waals surface area contributed by atoms with Crippen LogP contribution in [0.3, 0.4) is 0 Å². The Morgan fingerprint density at radius 2 is 2.00 bits per heavy atom. The first-order chi connectivity index (χ1) is 17.7. The third-order valence-corrected chi connectivity index (χ3v) is 10.9. The van der Waals surface area contributed by atoms with Gasteiger partial charge in [-0.25, -0.2) is 0 Å². The van der Waals surface area contributed by atoms with Gasteiger partial charge in [-0.3, -0.25) is 9.36 Å². The zero-order chi connectivity index (χ0) is 26.3. The average molecular weight is 554 g/mol. The maximum absolute atomic E-state index is 13.0. The lowest BCUT2D eigenvalue weighted by molar-refractivity contribution is -0.113. The van der Waals surface area contributed by atoms with E-state index in [1.54, 1.807) is 11.3 Å². The second-order valence-corrected chi connectivity index (χ2v) is 14.5. The maximum atomic E-state index is 13.0. The van der Waals surface area contributed by atoms with Crippen LogP contribution in [-0.4, -0.2) is 26.4 Å². The largest absolute Gasteiger partial charge is 0.316 e. The highest BCUT2D eigenvalue weighted by molar-refractivity contribution is 7.99. The number of nitrogens with zero attached hydrogens (tertiary/aromatic N) is 4. The molecular formula is C28H35N5OS3. The van der Waals surface area contributed by atoms with Gasteiger partial charge in [-0.2, -0.15) is 5.26 Å². The number of thioether (sulfide) groups is 1. The molecule has 3 aromatic heterocycles. The van der Waals surface area contributed by atoms with Crippen LogP contribution in [0.5, 0.6) is 0 Å². The van der Waals surface area contributed by atoms with E-state index in [4.69, 9.17) is 0 Å². The molecule has 0 aromatic carbocycles. The molecule has 1 unspecified atom stereocenters. The second-order valence-electron chi connectivity index (χ2n) is 11.5. The van der Waals surface area contributed by atoms with Crippen molar-refractivity contribution in [3.63, 3.8) is 0 Å². The van der Waals surface area contributed by atoms with Crippen molar-refractivity contribution in [3.8, 4) is 17.5 Å². The molecule has 37 heavy (non-hydrogen) atoms. The SMILES string of the molecule is CC(C)n1c(SCC(=O)Nc2sc3c(c2C#N)CCC(C(C)(C)C)C3)nnc1-c1csc2c1CCCC2. The molecule has 2 aliphatic carbocycles. The number of nitrogens with one attached hydrogen (secondary N) is 1. The molecule has 1 atom stereocenters. The molecule has 0 fully saturated rings. The minimum atomic E-state index is -0.111. The van der Waals surface area contributed by atoms with Gasteiger partial charge >= 0.3 is 0 Å². The lowest BCUT2D eigenvalue weighted by Crippen LogP contribution is -2.26. The Bertz CT molecular complexity index is 1350. The molecule has 0 spiro atoms. The number of amides is 1. The molecule has 0 saturated heterocycles. The van der Waals surface area contributed by atoms with Gasteiger partial charge in [0.15, 0.2) is 11.0 Å². The van der Waals surface area contributed by atoms with E-state index in [9.17, 15) is 10.1 Å². The highest BCUT2D eigenvalue weighted by Crippen LogP contribution is 2.44. The van der Waals surface area contributed by atoms with Crippen LogP contribution in [0.4, 0.5) is 5.00 Å².